The Labute approximate surface area is 167 Å². The Kier molecular flexibility index (Phi) is 5.56. The van der Waals surface area contributed by atoms with Crippen molar-refractivity contribution in [2.75, 3.05) is 11.9 Å². The van der Waals surface area contributed by atoms with Crippen LogP contribution in [0, 0.1) is 20.8 Å². The van der Waals surface area contributed by atoms with Gasteiger partial charge in [-0.05, 0) is 32.9 Å². The van der Waals surface area contributed by atoms with Gasteiger partial charge in [0.15, 0.2) is 6.61 Å². The summed E-state index contributed by atoms with van der Waals surface area (Å²) in [6.45, 7) is 4.82. The first-order valence-corrected chi connectivity index (χ1v) is 8.97. The van der Waals surface area contributed by atoms with Crippen molar-refractivity contribution in [1.29, 1.82) is 0 Å². The molecule has 1 aromatic carbocycles. The number of hydrogen-bond donors (Lipinski definition) is 1. The molecule has 3 rings (SSSR count). The van der Waals surface area contributed by atoms with Crippen LogP contribution in [0.25, 0.3) is 11.3 Å². The molecule has 0 saturated heterocycles. The van der Waals surface area contributed by atoms with E-state index in [-0.39, 0.29) is 0 Å². The number of halogens is 1. The molecule has 146 valence electrons. The second-order valence-corrected chi connectivity index (χ2v) is 6.82. The highest BCUT2D eigenvalue weighted by Gasteiger charge is 2.21. The van der Waals surface area contributed by atoms with E-state index in [1.165, 1.54) is 4.68 Å². The van der Waals surface area contributed by atoms with Crippen LogP contribution in [0.5, 0.6) is 0 Å². The zero-order chi connectivity index (χ0) is 20.4. The number of rotatable bonds is 5. The van der Waals surface area contributed by atoms with Crippen LogP contribution in [0.4, 0.5) is 5.82 Å². The Morgan fingerprint density at radius 2 is 1.86 bits per heavy atom. The Morgan fingerprint density at radius 1 is 1.18 bits per heavy atom. The number of furan rings is 1. The summed E-state index contributed by atoms with van der Waals surface area (Å²) >= 11 is 5.90. The molecule has 0 bridgehead atoms. The van der Waals surface area contributed by atoms with E-state index in [1.807, 2.05) is 12.1 Å². The van der Waals surface area contributed by atoms with Crippen molar-refractivity contribution in [3.63, 3.8) is 0 Å². The Hall–Kier alpha value is -3.06. The molecular formula is C20H20ClN3O4. The first-order chi connectivity index (χ1) is 13.3. The van der Waals surface area contributed by atoms with E-state index < -0.39 is 18.5 Å². The van der Waals surface area contributed by atoms with Gasteiger partial charge in [-0.2, -0.15) is 5.10 Å². The molecule has 0 aliphatic rings. The standard InChI is InChI=1S/C20H20ClN3O4/c1-11-12(2)28-13(3)19(11)20(26)27-10-18(25)22-17-9-16(23-24(17)4)14-5-7-15(21)8-6-14/h5-9H,10H2,1-4H3,(H,22,25). The fraction of sp³-hybridized carbons (Fsp3) is 0.250. The topological polar surface area (TPSA) is 86.4 Å². The summed E-state index contributed by atoms with van der Waals surface area (Å²) in [5, 5.41) is 7.69. The minimum absolute atomic E-state index is 0.357. The van der Waals surface area contributed by atoms with Crippen molar-refractivity contribution < 1.29 is 18.7 Å². The smallest absolute Gasteiger partial charge is 0.342 e. The predicted molar refractivity (Wildman–Crippen MR) is 105 cm³/mol. The number of benzene rings is 1. The van der Waals surface area contributed by atoms with Gasteiger partial charge in [0.1, 0.15) is 22.9 Å². The van der Waals surface area contributed by atoms with Gasteiger partial charge in [-0.15, -0.1) is 0 Å². The van der Waals surface area contributed by atoms with E-state index in [2.05, 4.69) is 10.4 Å². The number of ether oxygens (including phenoxy) is 1. The van der Waals surface area contributed by atoms with E-state index in [9.17, 15) is 9.59 Å². The fourth-order valence-electron chi connectivity index (χ4n) is 2.82. The molecule has 0 unspecified atom stereocenters. The first kappa shape index (κ1) is 19.7. The molecule has 0 saturated carbocycles. The van der Waals surface area contributed by atoms with Crippen molar-refractivity contribution in [2.45, 2.75) is 20.8 Å². The van der Waals surface area contributed by atoms with Crippen molar-refractivity contribution in [3.05, 3.63) is 58.0 Å². The number of carbonyl (C=O) groups is 2. The summed E-state index contributed by atoms with van der Waals surface area (Å²) in [7, 11) is 1.71. The minimum Gasteiger partial charge on any atom is -0.465 e. The number of aryl methyl sites for hydroxylation is 3. The Morgan fingerprint density at radius 3 is 2.46 bits per heavy atom. The number of amides is 1. The zero-order valence-electron chi connectivity index (χ0n) is 16.0. The third-order valence-electron chi connectivity index (χ3n) is 4.39. The molecule has 3 aromatic rings. The summed E-state index contributed by atoms with van der Waals surface area (Å²) < 4.78 is 12.1. The second-order valence-electron chi connectivity index (χ2n) is 6.38. The van der Waals surface area contributed by atoms with Crippen LogP contribution >= 0.6 is 11.6 Å². The molecule has 0 atom stereocenters. The third-order valence-corrected chi connectivity index (χ3v) is 4.64. The van der Waals surface area contributed by atoms with Crippen LogP contribution in [0.3, 0.4) is 0 Å². The molecule has 0 aliphatic heterocycles. The predicted octanol–water partition coefficient (Wildman–Crippen LogP) is 4.05. The lowest BCUT2D eigenvalue weighted by Crippen LogP contribution is -2.22. The number of anilines is 1. The number of hydrogen-bond acceptors (Lipinski definition) is 5. The van der Waals surface area contributed by atoms with Gasteiger partial charge in [0.25, 0.3) is 5.91 Å². The molecule has 0 spiro atoms. The highest BCUT2D eigenvalue weighted by Crippen LogP contribution is 2.23. The molecular weight excluding hydrogens is 382 g/mol. The average Bonchev–Trinajstić information content (AvgIpc) is 3.12. The van der Waals surface area contributed by atoms with Crippen LogP contribution in [0.1, 0.15) is 27.4 Å². The normalized spacial score (nSPS) is 10.8. The van der Waals surface area contributed by atoms with Crippen LogP contribution < -0.4 is 5.32 Å². The van der Waals surface area contributed by atoms with Gasteiger partial charge >= 0.3 is 5.97 Å². The summed E-state index contributed by atoms with van der Waals surface area (Å²) in [5.74, 6) is 0.555. The lowest BCUT2D eigenvalue weighted by Gasteiger charge is -2.06. The van der Waals surface area contributed by atoms with E-state index in [0.29, 0.717) is 39.2 Å². The molecule has 1 amide bonds. The van der Waals surface area contributed by atoms with Gasteiger partial charge < -0.3 is 14.5 Å². The largest absolute Gasteiger partial charge is 0.465 e. The fourth-order valence-corrected chi connectivity index (χ4v) is 2.95. The summed E-state index contributed by atoms with van der Waals surface area (Å²) in [4.78, 5) is 24.4. The summed E-state index contributed by atoms with van der Waals surface area (Å²) in [5.41, 5.74) is 2.62. The monoisotopic (exact) mass is 401 g/mol. The molecule has 0 radical (unpaired) electrons. The van der Waals surface area contributed by atoms with Crippen molar-refractivity contribution in [2.24, 2.45) is 7.05 Å². The molecule has 2 aromatic heterocycles. The van der Waals surface area contributed by atoms with Crippen LogP contribution in [0.15, 0.2) is 34.7 Å². The van der Waals surface area contributed by atoms with Crippen LogP contribution in [-0.4, -0.2) is 28.3 Å². The number of carbonyl (C=O) groups excluding carboxylic acids is 2. The second kappa shape index (κ2) is 7.90. The van der Waals surface area contributed by atoms with Crippen molar-refractivity contribution in [1.82, 2.24) is 9.78 Å². The van der Waals surface area contributed by atoms with Crippen LogP contribution in [0.2, 0.25) is 5.02 Å². The summed E-state index contributed by atoms with van der Waals surface area (Å²) in [6.07, 6.45) is 0. The van der Waals surface area contributed by atoms with E-state index >= 15 is 0 Å². The Bertz CT molecular complexity index is 1030. The molecule has 1 N–H and O–H groups in total. The number of nitrogens with zero attached hydrogens (tertiary/aromatic N) is 2. The number of esters is 1. The lowest BCUT2D eigenvalue weighted by molar-refractivity contribution is -0.119. The van der Waals surface area contributed by atoms with Gasteiger partial charge in [0.05, 0.1) is 5.69 Å². The minimum atomic E-state index is -0.589. The van der Waals surface area contributed by atoms with E-state index in [4.69, 9.17) is 20.8 Å². The summed E-state index contributed by atoms with van der Waals surface area (Å²) in [6, 6.07) is 8.96. The quantitative estimate of drug-likeness (QED) is 0.651. The maximum Gasteiger partial charge on any atom is 0.342 e. The third kappa shape index (κ3) is 4.09. The van der Waals surface area contributed by atoms with Crippen molar-refractivity contribution >= 4 is 29.3 Å². The van der Waals surface area contributed by atoms with Gasteiger partial charge in [-0.3, -0.25) is 9.48 Å². The highest BCUT2D eigenvalue weighted by atomic mass is 35.5. The van der Waals surface area contributed by atoms with Crippen LogP contribution in [-0.2, 0) is 16.6 Å². The van der Waals surface area contributed by atoms with E-state index in [0.717, 1.165) is 5.56 Å². The van der Waals surface area contributed by atoms with Gasteiger partial charge in [-0.1, -0.05) is 23.7 Å². The van der Waals surface area contributed by atoms with Crippen molar-refractivity contribution in [3.8, 4) is 11.3 Å². The average molecular weight is 402 g/mol. The van der Waals surface area contributed by atoms with Gasteiger partial charge in [0.2, 0.25) is 0 Å². The number of nitrogens with one attached hydrogen (secondary N) is 1. The van der Waals surface area contributed by atoms with Gasteiger partial charge in [-0.25, -0.2) is 4.79 Å². The Balaban J connectivity index is 1.63. The molecule has 0 aliphatic carbocycles. The molecule has 0 fully saturated rings. The SMILES string of the molecule is Cc1oc(C)c(C(=O)OCC(=O)Nc2cc(-c3ccc(Cl)cc3)nn2C)c1C. The lowest BCUT2D eigenvalue weighted by atomic mass is 10.1. The first-order valence-electron chi connectivity index (χ1n) is 8.59. The molecule has 28 heavy (non-hydrogen) atoms. The maximum absolute atomic E-state index is 12.2. The molecule has 2 heterocycles. The zero-order valence-corrected chi connectivity index (χ0v) is 16.8. The van der Waals surface area contributed by atoms with Gasteiger partial charge in [0, 0.05) is 29.3 Å². The molecule has 8 heteroatoms. The maximum atomic E-state index is 12.2. The highest BCUT2D eigenvalue weighted by molar-refractivity contribution is 6.30. The number of aromatic nitrogens is 2. The van der Waals surface area contributed by atoms with E-state index in [1.54, 1.807) is 46.0 Å². The molecule has 7 nitrogen and oxygen atoms in total.